The van der Waals surface area contributed by atoms with Gasteiger partial charge in [0.15, 0.2) is 9.84 Å². The Balaban J connectivity index is 2.07. The summed E-state index contributed by atoms with van der Waals surface area (Å²) in [6.07, 6.45) is -2.25. The Hall–Kier alpha value is -2.45. The first-order chi connectivity index (χ1) is 16.1. The van der Waals surface area contributed by atoms with Crippen molar-refractivity contribution in [2.45, 2.75) is 73.3 Å². The van der Waals surface area contributed by atoms with E-state index in [-0.39, 0.29) is 13.0 Å². The van der Waals surface area contributed by atoms with Crippen LogP contribution in [0, 0.1) is 0 Å². The molecule has 35 heavy (non-hydrogen) atoms. The summed E-state index contributed by atoms with van der Waals surface area (Å²) in [4.78, 5) is 9.41. The topological polar surface area (TPSA) is 127 Å². The van der Waals surface area contributed by atoms with Crippen molar-refractivity contribution in [3.63, 3.8) is 0 Å². The maximum absolute atomic E-state index is 13.6. The Morgan fingerprint density at radius 2 is 1.83 bits per heavy atom. The highest BCUT2D eigenvalue weighted by Crippen LogP contribution is 2.39. The van der Waals surface area contributed by atoms with Crippen molar-refractivity contribution in [2.75, 3.05) is 7.05 Å². The fourth-order valence-electron chi connectivity index (χ4n) is 4.02. The highest BCUT2D eigenvalue weighted by atomic mass is 32.2. The van der Waals surface area contributed by atoms with Crippen LogP contribution < -0.4 is 0 Å². The first-order valence-corrected chi connectivity index (χ1v) is 13.8. The Labute approximate surface area is 201 Å². The van der Waals surface area contributed by atoms with Crippen LogP contribution in [0.1, 0.15) is 56.0 Å². The zero-order valence-electron chi connectivity index (χ0n) is 19.3. The number of carbonyl (C=O) groups is 1. The van der Waals surface area contributed by atoms with Gasteiger partial charge in [-0.1, -0.05) is 0 Å². The second-order valence-electron chi connectivity index (χ2n) is 8.63. The Kier molecular flexibility index (Phi) is 7.40. The molecule has 0 amide bonds. The van der Waals surface area contributed by atoms with Gasteiger partial charge in [0.1, 0.15) is 0 Å². The molecule has 1 aliphatic carbocycles. The minimum absolute atomic E-state index is 0.0951. The number of aliphatic carboxylic acids is 1. The van der Waals surface area contributed by atoms with E-state index in [9.17, 15) is 34.8 Å². The average molecular weight is 538 g/mol. The van der Waals surface area contributed by atoms with E-state index in [0.717, 1.165) is 10.4 Å². The van der Waals surface area contributed by atoms with Crippen LogP contribution in [0.2, 0.25) is 0 Å². The normalized spacial score (nSPS) is 17.1. The number of carboxylic acid groups (broad SMARTS) is 1. The molecule has 1 aromatic carbocycles. The fraction of sp³-hybridized carbons (Fsp3) is 0.524. The molecular weight excluding hydrogens is 511 g/mol. The molecule has 2 aromatic rings. The van der Waals surface area contributed by atoms with Crippen molar-refractivity contribution in [3.05, 3.63) is 41.2 Å². The van der Waals surface area contributed by atoms with E-state index in [0.29, 0.717) is 42.7 Å². The summed E-state index contributed by atoms with van der Waals surface area (Å²) in [6, 6.07) is 0.878. The van der Waals surface area contributed by atoms with Crippen molar-refractivity contribution >= 4 is 25.8 Å². The van der Waals surface area contributed by atoms with Gasteiger partial charge < -0.3 is 5.11 Å². The third kappa shape index (κ3) is 5.38. The van der Waals surface area contributed by atoms with Crippen molar-refractivity contribution in [1.29, 1.82) is 0 Å². The maximum atomic E-state index is 13.6. The second kappa shape index (κ2) is 9.54. The van der Waals surface area contributed by atoms with Crippen LogP contribution in [0.3, 0.4) is 0 Å². The van der Waals surface area contributed by atoms with Gasteiger partial charge in [-0.15, -0.1) is 0 Å². The number of fused-ring (bicyclic) bond motifs is 1. The van der Waals surface area contributed by atoms with Gasteiger partial charge in [0, 0.05) is 18.3 Å². The molecule has 1 aromatic heterocycles. The van der Waals surface area contributed by atoms with Gasteiger partial charge in [-0.3, -0.25) is 9.48 Å². The Morgan fingerprint density at radius 3 is 2.40 bits per heavy atom. The summed E-state index contributed by atoms with van der Waals surface area (Å²) in [5, 5.41) is 12.0. The summed E-state index contributed by atoms with van der Waals surface area (Å²) in [5.41, 5.74) is -0.177. The van der Waals surface area contributed by atoms with Crippen LogP contribution in [-0.4, -0.2) is 54.3 Å². The molecule has 3 rings (SSSR count). The lowest BCUT2D eigenvalue weighted by Crippen LogP contribution is -2.33. The van der Waals surface area contributed by atoms with E-state index in [1.807, 2.05) is 0 Å². The van der Waals surface area contributed by atoms with Crippen LogP contribution >= 0.6 is 0 Å². The zero-order chi connectivity index (χ0) is 26.3. The number of aryl methyl sites for hydroxylation is 1. The van der Waals surface area contributed by atoms with Crippen LogP contribution in [-0.2, 0) is 43.8 Å². The lowest BCUT2D eigenvalue weighted by atomic mass is 9.93. The summed E-state index contributed by atoms with van der Waals surface area (Å²) < 4.78 is 95.2. The molecule has 0 saturated carbocycles. The Bertz CT molecular complexity index is 1330. The van der Waals surface area contributed by atoms with E-state index in [4.69, 9.17) is 5.11 Å². The summed E-state index contributed by atoms with van der Waals surface area (Å²) in [5.74, 6) is -1.02. The smallest absolute Gasteiger partial charge is 0.416 e. The SMILES string of the molecule is CC(C)S(=O)(=O)c1cc(C(F)(F)F)cc(S(=O)(=O)N(C)[C@@H]2CCCc3c2cnn3CCC(=O)O)c1. The number of hydrogen-bond acceptors (Lipinski definition) is 6. The standard InChI is InChI=1S/C21H26F3N3O6S2/c1-13(2)34(30,31)15-9-14(21(22,23)24)10-16(11-15)35(32,33)26(3)18-5-4-6-19-17(18)12-25-27(19)8-7-20(28)29/h9-13,18H,4-8H2,1-3H3,(H,28,29)/t18-/m1/s1. The number of halogens is 3. The maximum Gasteiger partial charge on any atom is 0.416 e. The molecule has 9 nitrogen and oxygen atoms in total. The third-order valence-corrected chi connectivity index (χ3v) is 10.0. The average Bonchev–Trinajstić information content (AvgIpc) is 3.19. The van der Waals surface area contributed by atoms with Crippen LogP contribution in [0.25, 0.3) is 0 Å². The molecule has 0 radical (unpaired) electrons. The molecule has 1 N–H and O–H groups in total. The number of carboxylic acids is 1. The highest BCUT2D eigenvalue weighted by Gasteiger charge is 2.38. The van der Waals surface area contributed by atoms with Gasteiger partial charge in [0.2, 0.25) is 10.0 Å². The monoisotopic (exact) mass is 537 g/mol. The lowest BCUT2D eigenvalue weighted by molar-refractivity contribution is -0.138. The number of rotatable bonds is 8. The van der Waals surface area contributed by atoms with Gasteiger partial charge in [0.05, 0.1) is 45.8 Å². The molecule has 14 heteroatoms. The highest BCUT2D eigenvalue weighted by molar-refractivity contribution is 7.92. The van der Waals surface area contributed by atoms with Crippen molar-refractivity contribution < 1.29 is 39.9 Å². The number of benzene rings is 1. The Morgan fingerprint density at radius 1 is 1.20 bits per heavy atom. The van der Waals surface area contributed by atoms with Gasteiger partial charge in [-0.2, -0.15) is 22.6 Å². The molecule has 0 unspecified atom stereocenters. The summed E-state index contributed by atoms with van der Waals surface area (Å²) >= 11 is 0. The van der Waals surface area contributed by atoms with E-state index in [1.165, 1.54) is 31.8 Å². The van der Waals surface area contributed by atoms with Crippen molar-refractivity contribution in [1.82, 2.24) is 14.1 Å². The first kappa shape index (κ1) is 27.1. The molecule has 1 heterocycles. The number of sulfone groups is 1. The molecule has 194 valence electrons. The first-order valence-electron chi connectivity index (χ1n) is 10.8. The fourth-order valence-corrected chi connectivity index (χ4v) is 6.66. The largest absolute Gasteiger partial charge is 0.481 e. The quantitative estimate of drug-likeness (QED) is 0.548. The van der Waals surface area contributed by atoms with Crippen LogP contribution in [0.4, 0.5) is 13.2 Å². The van der Waals surface area contributed by atoms with Crippen molar-refractivity contribution in [2.24, 2.45) is 0 Å². The minimum Gasteiger partial charge on any atom is -0.481 e. The third-order valence-electron chi connectivity index (χ3n) is 6.04. The van der Waals surface area contributed by atoms with Crippen LogP contribution in [0.15, 0.2) is 34.2 Å². The number of alkyl halides is 3. The number of hydrogen-bond donors (Lipinski definition) is 1. The summed E-state index contributed by atoms with van der Waals surface area (Å²) in [6.45, 7) is 2.68. The molecule has 0 aliphatic heterocycles. The van der Waals surface area contributed by atoms with E-state index in [1.54, 1.807) is 0 Å². The molecule has 0 bridgehead atoms. The molecule has 1 atom stereocenters. The number of nitrogens with zero attached hydrogens (tertiary/aromatic N) is 3. The zero-order valence-corrected chi connectivity index (χ0v) is 20.9. The van der Waals surface area contributed by atoms with E-state index >= 15 is 0 Å². The van der Waals surface area contributed by atoms with Gasteiger partial charge in [-0.05, 0) is 51.3 Å². The predicted octanol–water partition coefficient (Wildman–Crippen LogP) is 3.26. The molecule has 0 fully saturated rings. The molecule has 1 aliphatic rings. The molecule has 0 saturated heterocycles. The van der Waals surface area contributed by atoms with Crippen molar-refractivity contribution in [3.8, 4) is 0 Å². The van der Waals surface area contributed by atoms with E-state index < -0.39 is 58.7 Å². The molecule has 0 spiro atoms. The minimum atomic E-state index is -4.96. The number of sulfonamides is 1. The number of aromatic nitrogens is 2. The molecular formula is C21H26F3N3O6S2. The lowest BCUT2D eigenvalue weighted by Gasteiger charge is -2.31. The van der Waals surface area contributed by atoms with Crippen LogP contribution in [0.5, 0.6) is 0 Å². The predicted molar refractivity (Wildman–Crippen MR) is 119 cm³/mol. The van der Waals surface area contributed by atoms with Gasteiger partial charge >= 0.3 is 12.1 Å². The van der Waals surface area contributed by atoms with E-state index in [2.05, 4.69) is 5.10 Å². The summed E-state index contributed by atoms with van der Waals surface area (Å²) in [7, 11) is -7.52. The van der Waals surface area contributed by atoms with Gasteiger partial charge in [-0.25, -0.2) is 16.8 Å². The second-order valence-corrected chi connectivity index (χ2v) is 13.1. The van der Waals surface area contributed by atoms with Gasteiger partial charge in [0.25, 0.3) is 0 Å².